The molecule has 0 saturated carbocycles. The largest absolute Gasteiger partial charge is 0.385 e. The van der Waals surface area contributed by atoms with Crippen molar-refractivity contribution in [3.05, 3.63) is 11.2 Å². The van der Waals surface area contributed by atoms with Crippen LogP contribution in [0.15, 0.2) is 11.2 Å². The van der Waals surface area contributed by atoms with Crippen LogP contribution in [0.25, 0.3) is 0 Å². The third-order valence-corrected chi connectivity index (χ3v) is 4.58. The predicted molar refractivity (Wildman–Crippen MR) is 76.3 cm³/mol. The number of carbonyl (C=O) groups is 1. The van der Waals surface area contributed by atoms with Crippen LogP contribution in [0, 0.1) is 0 Å². The second-order valence-corrected chi connectivity index (χ2v) is 5.79. The Hall–Kier alpha value is 0.190. The van der Waals surface area contributed by atoms with Crippen molar-refractivity contribution >= 4 is 52.7 Å². The van der Waals surface area contributed by atoms with Crippen molar-refractivity contribution in [1.29, 1.82) is 0 Å². The molecule has 6 nitrogen and oxygen atoms in total. The topological polar surface area (TPSA) is 82.0 Å². The highest BCUT2D eigenvalue weighted by molar-refractivity contribution is 14.1. The Morgan fingerprint density at radius 2 is 2.32 bits per heavy atom. The summed E-state index contributed by atoms with van der Waals surface area (Å²) in [7, 11) is 0. The number of nitrogens with one attached hydrogen (secondary N) is 1. The summed E-state index contributed by atoms with van der Waals surface area (Å²) in [5, 5.41) is 21.8. The lowest BCUT2D eigenvalue weighted by molar-refractivity contribution is -0.179. The molecule has 5 atom stereocenters. The van der Waals surface area contributed by atoms with Crippen LogP contribution in [0.4, 0.5) is 4.39 Å². The molecule has 1 saturated heterocycles. The minimum absolute atomic E-state index is 0.151. The van der Waals surface area contributed by atoms with E-state index in [1.165, 1.54) is 11.1 Å². The lowest BCUT2D eigenvalue weighted by atomic mass is 10.1. The van der Waals surface area contributed by atoms with E-state index in [1.54, 1.807) is 22.6 Å². The van der Waals surface area contributed by atoms with E-state index >= 15 is 0 Å². The summed E-state index contributed by atoms with van der Waals surface area (Å²) in [6.07, 6.45) is -3.20. The van der Waals surface area contributed by atoms with Crippen molar-refractivity contribution in [3.8, 4) is 0 Å². The van der Waals surface area contributed by atoms with Crippen LogP contribution in [0.5, 0.6) is 0 Å². The molecule has 2 heterocycles. The minimum Gasteiger partial charge on any atom is -0.385 e. The molecule has 1 amide bonds. The number of ether oxygens (including phenoxy) is 1. The predicted octanol–water partition coefficient (Wildman–Crippen LogP) is -0.109. The molecule has 1 fully saturated rings. The molecule has 0 spiro atoms. The van der Waals surface area contributed by atoms with Gasteiger partial charge < -0.3 is 25.2 Å². The molecule has 2 aliphatic heterocycles. The first-order valence-corrected chi connectivity index (χ1v) is 7.64. The van der Waals surface area contributed by atoms with E-state index in [-0.39, 0.29) is 9.46 Å². The van der Waals surface area contributed by atoms with Crippen molar-refractivity contribution in [2.75, 3.05) is 4.43 Å². The van der Waals surface area contributed by atoms with Gasteiger partial charge in [-0.05, 0) is 0 Å². The van der Waals surface area contributed by atoms with Crippen molar-refractivity contribution in [2.45, 2.75) is 29.8 Å². The average Bonchev–Trinajstić information content (AvgIpc) is 2.59. The summed E-state index contributed by atoms with van der Waals surface area (Å²) in [5.74, 6) is -2.90. The maximum absolute atomic E-state index is 14.2. The van der Waals surface area contributed by atoms with Crippen molar-refractivity contribution in [2.24, 2.45) is 0 Å². The Morgan fingerprint density at radius 1 is 1.68 bits per heavy atom. The molecular weight excluding hydrogens is 414 g/mol. The van der Waals surface area contributed by atoms with Gasteiger partial charge in [0.1, 0.15) is 22.7 Å². The zero-order valence-electron chi connectivity index (χ0n) is 9.33. The maximum Gasteiger partial charge on any atom is 0.266 e. The molecule has 19 heavy (non-hydrogen) atoms. The van der Waals surface area contributed by atoms with E-state index in [4.69, 9.17) is 16.3 Å². The first-order valence-electron chi connectivity index (χ1n) is 5.22. The van der Waals surface area contributed by atoms with E-state index < -0.39 is 35.7 Å². The minimum atomic E-state index is -2.36. The van der Waals surface area contributed by atoms with Crippen LogP contribution >= 0.6 is 46.8 Å². The van der Waals surface area contributed by atoms with Gasteiger partial charge in [0.25, 0.3) is 5.91 Å². The van der Waals surface area contributed by atoms with Gasteiger partial charge in [0.05, 0.1) is 4.43 Å². The Balaban J connectivity index is 2.26. The highest BCUT2D eigenvalue weighted by Gasteiger charge is 2.57. The number of carbonyl (C=O) groups excluding carboxylic acids is 1. The molecule has 0 aromatic carbocycles. The zero-order chi connectivity index (χ0) is 14.4. The van der Waals surface area contributed by atoms with Gasteiger partial charge in [0.15, 0.2) is 6.23 Å². The molecule has 2 rings (SSSR count). The number of alkyl halides is 2. The fraction of sp³-hybridized carbons (Fsp3) is 0.667. The molecule has 0 bridgehead atoms. The zero-order valence-corrected chi connectivity index (χ0v) is 13.1. The number of thiol groups is 1. The van der Waals surface area contributed by atoms with Crippen molar-refractivity contribution in [1.82, 2.24) is 10.2 Å². The molecule has 0 aromatic rings. The fourth-order valence-corrected chi connectivity index (χ4v) is 2.95. The van der Waals surface area contributed by atoms with Gasteiger partial charge in [-0.15, -0.1) is 12.6 Å². The number of aliphatic hydroxyl groups is 2. The lowest BCUT2D eigenvalue weighted by Crippen LogP contribution is -2.53. The number of rotatable bonds is 2. The normalized spacial score (nSPS) is 43.2. The Morgan fingerprint density at radius 3 is 2.84 bits per heavy atom. The van der Waals surface area contributed by atoms with Crippen molar-refractivity contribution < 1.29 is 24.1 Å². The van der Waals surface area contributed by atoms with Gasteiger partial charge in [-0.3, -0.25) is 4.79 Å². The molecule has 3 N–H and O–H groups in total. The molecule has 10 heteroatoms. The van der Waals surface area contributed by atoms with E-state index in [0.29, 0.717) is 0 Å². The molecule has 0 radical (unpaired) electrons. The number of nitrogens with zero attached hydrogens (tertiary/aromatic N) is 1. The quantitative estimate of drug-likeness (QED) is 0.283. The van der Waals surface area contributed by atoms with E-state index in [9.17, 15) is 19.4 Å². The second kappa shape index (κ2) is 5.53. The Labute approximate surface area is 132 Å². The van der Waals surface area contributed by atoms with Gasteiger partial charge in [0.2, 0.25) is 5.85 Å². The Kier molecular flexibility index (Phi) is 4.53. The van der Waals surface area contributed by atoms with Crippen LogP contribution in [-0.2, 0) is 9.53 Å². The van der Waals surface area contributed by atoms with Crippen LogP contribution in [0.2, 0.25) is 0 Å². The number of amides is 1. The first kappa shape index (κ1) is 15.6. The number of hydrogen-bond donors (Lipinski definition) is 4. The Bertz CT molecular complexity index is 431. The van der Waals surface area contributed by atoms with Gasteiger partial charge >= 0.3 is 0 Å². The average molecular weight is 425 g/mol. The summed E-state index contributed by atoms with van der Waals surface area (Å²) in [6.45, 7) is 0. The third kappa shape index (κ3) is 2.68. The van der Waals surface area contributed by atoms with Crippen LogP contribution in [0.3, 0.4) is 0 Å². The molecule has 0 aliphatic carbocycles. The van der Waals surface area contributed by atoms with Crippen LogP contribution < -0.4 is 5.32 Å². The van der Waals surface area contributed by atoms with Gasteiger partial charge in [-0.2, -0.15) is 0 Å². The molecule has 108 valence electrons. The summed E-state index contributed by atoms with van der Waals surface area (Å²) >= 11 is 11.5. The van der Waals surface area contributed by atoms with Crippen LogP contribution in [0.1, 0.15) is 0 Å². The van der Waals surface area contributed by atoms with Gasteiger partial charge in [-0.1, -0.05) is 34.2 Å². The molecule has 1 unspecified atom stereocenters. The van der Waals surface area contributed by atoms with E-state index in [0.717, 1.165) is 0 Å². The number of hydrogen-bond acceptors (Lipinski definition) is 6. The standard InChI is InChI=1S/C9H11ClFIN2O4S/c10-3-1-14(8(19)13-6(3)17)7-4(15)5(16)9(11,2-12)18-7/h1,4-5,7-8,15-16,19H,2H2,(H,13,17)/t4-,5+,7-,8?,9-/m1/s1. The number of aliphatic hydroxyl groups excluding tert-OH is 2. The monoisotopic (exact) mass is 424 g/mol. The highest BCUT2D eigenvalue weighted by Crippen LogP contribution is 2.37. The van der Waals surface area contributed by atoms with Gasteiger partial charge in [-0.25, -0.2) is 4.39 Å². The molecular formula is C9H11ClFIN2O4S. The van der Waals surface area contributed by atoms with Crippen molar-refractivity contribution in [3.63, 3.8) is 0 Å². The third-order valence-electron chi connectivity index (χ3n) is 2.87. The highest BCUT2D eigenvalue weighted by atomic mass is 127. The summed E-state index contributed by atoms with van der Waals surface area (Å²) in [4.78, 5) is 12.5. The van der Waals surface area contributed by atoms with Crippen LogP contribution in [-0.4, -0.2) is 55.2 Å². The molecule has 2 aliphatic rings. The smallest absolute Gasteiger partial charge is 0.266 e. The maximum atomic E-state index is 14.2. The van der Waals surface area contributed by atoms with E-state index in [2.05, 4.69) is 17.9 Å². The summed E-state index contributed by atoms with van der Waals surface area (Å²) < 4.78 is 19.1. The molecule has 0 aromatic heterocycles. The fourth-order valence-electron chi connectivity index (χ4n) is 1.83. The lowest BCUT2D eigenvalue weighted by Gasteiger charge is -2.36. The summed E-state index contributed by atoms with van der Waals surface area (Å²) in [5.41, 5.74) is -0.849. The first-order chi connectivity index (χ1) is 8.80. The second-order valence-electron chi connectivity index (χ2n) is 4.14. The van der Waals surface area contributed by atoms with E-state index in [1.807, 2.05) is 0 Å². The van der Waals surface area contributed by atoms with Gasteiger partial charge in [0, 0.05) is 6.20 Å². The number of halogens is 3. The summed E-state index contributed by atoms with van der Waals surface area (Å²) in [6, 6.07) is 0. The SMILES string of the molecule is O=C1NC(S)N([C@@H]2O[C@](F)(CI)[C@@H](O)[C@H]2O)C=C1Cl.